The maximum absolute atomic E-state index is 13.1. The van der Waals surface area contributed by atoms with Crippen LogP contribution in [0.4, 0.5) is 5.69 Å². The summed E-state index contributed by atoms with van der Waals surface area (Å²) in [6.07, 6.45) is 0.942. The molecule has 0 spiro atoms. The third kappa shape index (κ3) is 5.35. The van der Waals surface area contributed by atoms with E-state index in [9.17, 15) is 4.79 Å². The van der Waals surface area contributed by atoms with E-state index in [1.807, 2.05) is 42.5 Å². The van der Waals surface area contributed by atoms with Crippen LogP contribution in [0.2, 0.25) is 0 Å². The molecule has 6 nitrogen and oxygen atoms in total. The van der Waals surface area contributed by atoms with Crippen LogP contribution in [0.15, 0.2) is 47.8 Å². The summed E-state index contributed by atoms with van der Waals surface area (Å²) in [6.45, 7) is 6.90. The van der Waals surface area contributed by atoms with Crippen molar-refractivity contribution in [3.63, 3.8) is 0 Å². The van der Waals surface area contributed by atoms with Crippen molar-refractivity contribution in [2.24, 2.45) is 0 Å². The van der Waals surface area contributed by atoms with E-state index in [1.165, 1.54) is 0 Å². The van der Waals surface area contributed by atoms with Crippen LogP contribution in [0.3, 0.4) is 0 Å². The molecule has 2 aromatic carbocycles. The predicted octanol–water partition coefficient (Wildman–Crippen LogP) is 4.38. The standard InChI is InChI=1S/C25H30N4O2S/c1-4-24-27-23(17-32-24)18-5-7-20(8-6-18)26-25(30)22-10-9-21(31-3)15-19(22)16-29-13-11-28(2)12-14-29/h5-10,15,17H,4,11-14,16H2,1-3H3,(H,26,30). The Labute approximate surface area is 193 Å². The van der Waals surface area contributed by atoms with Gasteiger partial charge in [-0.2, -0.15) is 0 Å². The predicted molar refractivity (Wildman–Crippen MR) is 131 cm³/mol. The molecule has 0 radical (unpaired) electrons. The van der Waals surface area contributed by atoms with Gasteiger partial charge in [-0.25, -0.2) is 4.98 Å². The van der Waals surface area contributed by atoms with Crippen molar-refractivity contribution in [3.8, 4) is 17.0 Å². The molecule has 0 bridgehead atoms. The minimum Gasteiger partial charge on any atom is -0.497 e. The Morgan fingerprint density at radius 1 is 1.12 bits per heavy atom. The number of nitrogens with one attached hydrogen (secondary N) is 1. The van der Waals surface area contributed by atoms with Gasteiger partial charge < -0.3 is 15.0 Å². The molecule has 3 aromatic rings. The average molecular weight is 451 g/mol. The molecule has 1 amide bonds. The van der Waals surface area contributed by atoms with E-state index in [1.54, 1.807) is 18.4 Å². The number of likely N-dealkylation sites (N-methyl/N-ethyl adjacent to an activating group) is 1. The first kappa shape index (κ1) is 22.5. The normalized spacial score (nSPS) is 15.0. The fourth-order valence-electron chi connectivity index (χ4n) is 3.82. The molecule has 1 saturated heterocycles. The molecule has 1 aliphatic rings. The number of hydrogen-bond acceptors (Lipinski definition) is 6. The number of ether oxygens (including phenoxy) is 1. The lowest BCUT2D eigenvalue weighted by molar-refractivity contribution is 0.102. The molecule has 1 N–H and O–H groups in total. The number of aryl methyl sites for hydroxylation is 1. The number of benzene rings is 2. The number of hydrogen-bond donors (Lipinski definition) is 1. The number of carbonyl (C=O) groups excluding carboxylic acids is 1. The number of carbonyl (C=O) groups is 1. The largest absolute Gasteiger partial charge is 0.497 e. The molecular weight excluding hydrogens is 420 g/mol. The number of amides is 1. The molecule has 0 saturated carbocycles. The van der Waals surface area contributed by atoms with Crippen molar-refractivity contribution < 1.29 is 9.53 Å². The Morgan fingerprint density at radius 2 is 1.88 bits per heavy atom. The van der Waals surface area contributed by atoms with E-state index in [2.05, 4.69) is 39.5 Å². The SMILES string of the molecule is CCc1nc(-c2ccc(NC(=O)c3ccc(OC)cc3CN3CCN(C)CC3)cc2)cs1. The highest BCUT2D eigenvalue weighted by Crippen LogP contribution is 2.25. The van der Waals surface area contributed by atoms with Gasteiger partial charge in [-0.05, 0) is 49.4 Å². The van der Waals surface area contributed by atoms with Crippen molar-refractivity contribution >= 4 is 22.9 Å². The summed E-state index contributed by atoms with van der Waals surface area (Å²) < 4.78 is 5.42. The number of anilines is 1. The van der Waals surface area contributed by atoms with Crippen LogP contribution >= 0.6 is 11.3 Å². The molecule has 0 atom stereocenters. The summed E-state index contributed by atoms with van der Waals surface area (Å²) in [5, 5.41) is 6.26. The van der Waals surface area contributed by atoms with Crippen LogP contribution in [0.1, 0.15) is 27.9 Å². The smallest absolute Gasteiger partial charge is 0.255 e. The molecule has 168 valence electrons. The molecule has 0 unspecified atom stereocenters. The van der Waals surface area contributed by atoms with Gasteiger partial charge in [0.2, 0.25) is 0 Å². The molecule has 0 aliphatic carbocycles. The first-order valence-electron chi connectivity index (χ1n) is 11.0. The molecule has 7 heteroatoms. The Kier molecular flexibility index (Phi) is 7.19. The minimum absolute atomic E-state index is 0.105. The highest BCUT2D eigenvalue weighted by atomic mass is 32.1. The van der Waals surface area contributed by atoms with E-state index in [0.29, 0.717) is 5.56 Å². The Morgan fingerprint density at radius 3 is 2.53 bits per heavy atom. The van der Waals surface area contributed by atoms with Crippen molar-refractivity contribution in [1.29, 1.82) is 0 Å². The molecule has 1 aliphatic heterocycles. The number of piperazine rings is 1. The lowest BCUT2D eigenvalue weighted by atomic mass is 10.0. The Balaban J connectivity index is 1.48. The van der Waals surface area contributed by atoms with E-state index >= 15 is 0 Å². The molecular formula is C25H30N4O2S. The number of aromatic nitrogens is 1. The van der Waals surface area contributed by atoms with Gasteiger partial charge in [-0.15, -0.1) is 11.3 Å². The van der Waals surface area contributed by atoms with Gasteiger partial charge in [0.1, 0.15) is 5.75 Å². The maximum atomic E-state index is 13.1. The van der Waals surface area contributed by atoms with E-state index in [-0.39, 0.29) is 5.91 Å². The second kappa shape index (κ2) is 10.3. The van der Waals surface area contributed by atoms with Crippen molar-refractivity contribution in [2.75, 3.05) is 45.7 Å². The Bertz CT molecular complexity index is 1060. The summed E-state index contributed by atoms with van der Waals surface area (Å²) in [5.41, 5.74) is 4.47. The average Bonchev–Trinajstić information content (AvgIpc) is 3.30. The third-order valence-corrected chi connectivity index (χ3v) is 6.83. The number of nitrogens with zero attached hydrogens (tertiary/aromatic N) is 3. The highest BCUT2D eigenvalue weighted by molar-refractivity contribution is 7.09. The van der Waals surface area contributed by atoms with Crippen molar-refractivity contribution in [2.45, 2.75) is 19.9 Å². The monoisotopic (exact) mass is 450 g/mol. The van der Waals surface area contributed by atoms with Crippen LogP contribution in [0.5, 0.6) is 5.75 Å². The van der Waals surface area contributed by atoms with Crippen molar-refractivity contribution in [3.05, 3.63) is 64.0 Å². The van der Waals surface area contributed by atoms with Gasteiger partial charge >= 0.3 is 0 Å². The highest BCUT2D eigenvalue weighted by Gasteiger charge is 2.19. The van der Waals surface area contributed by atoms with Gasteiger partial charge in [0.15, 0.2) is 0 Å². The molecule has 4 rings (SSSR count). The number of rotatable bonds is 7. The first-order chi connectivity index (χ1) is 15.6. The van der Waals surface area contributed by atoms with Gasteiger partial charge in [-0.3, -0.25) is 9.69 Å². The quantitative estimate of drug-likeness (QED) is 0.579. The van der Waals surface area contributed by atoms with Crippen LogP contribution in [0, 0.1) is 0 Å². The second-order valence-electron chi connectivity index (χ2n) is 8.11. The number of thiazole rings is 1. The van der Waals surface area contributed by atoms with Gasteiger partial charge in [0.25, 0.3) is 5.91 Å². The van der Waals surface area contributed by atoms with Crippen LogP contribution in [-0.2, 0) is 13.0 Å². The zero-order valence-electron chi connectivity index (χ0n) is 18.9. The summed E-state index contributed by atoms with van der Waals surface area (Å²) in [5.74, 6) is 0.663. The summed E-state index contributed by atoms with van der Waals surface area (Å²) in [7, 11) is 3.80. The topological polar surface area (TPSA) is 57.7 Å². The van der Waals surface area contributed by atoms with E-state index < -0.39 is 0 Å². The first-order valence-corrected chi connectivity index (χ1v) is 11.9. The van der Waals surface area contributed by atoms with Gasteiger partial charge in [0, 0.05) is 54.9 Å². The van der Waals surface area contributed by atoms with Crippen LogP contribution < -0.4 is 10.1 Å². The van der Waals surface area contributed by atoms with Crippen molar-refractivity contribution in [1.82, 2.24) is 14.8 Å². The summed E-state index contributed by atoms with van der Waals surface area (Å²) in [6, 6.07) is 13.6. The Hall–Kier alpha value is -2.74. The fraction of sp³-hybridized carbons (Fsp3) is 0.360. The molecule has 2 heterocycles. The number of methoxy groups -OCH3 is 1. The van der Waals surface area contributed by atoms with Gasteiger partial charge in [-0.1, -0.05) is 19.1 Å². The maximum Gasteiger partial charge on any atom is 0.255 e. The minimum atomic E-state index is -0.105. The summed E-state index contributed by atoms with van der Waals surface area (Å²) in [4.78, 5) is 22.5. The van der Waals surface area contributed by atoms with Gasteiger partial charge in [0.05, 0.1) is 17.8 Å². The zero-order valence-corrected chi connectivity index (χ0v) is 19.7. The second-order valence-corrected chi connectivity index (χ2v) is 9.06. The fourth-order valence-corrected chi connectivity index (χ4v) is 4.58. The van der Waals surface area contributed by atoms with E-state index in [0.717, 1.165) is 72.4 Å². The lowest BCUT2D eigenvalue weighted by Crippen LogP contribution is -2.44. The molecule has 1 aromatic heterocycles. The summed E-state index contributed by atoms with van der Waals surface area (Å²) >= 11 is 1.68. The van der Waals surface area contributed by atoms with Crippen LogP contribution in [0.25, 0.3) is 11.3 Å². The zero-order chi connectivity index (χ0) is 22.5. The lowest BCUT2D eigenvalue weighted by Gasteiger charge is -2.32. The van der Waals surface area contributed by atoms with E-state index in [4.69, 9.17) is 4.74 Å². The third-order valence-electron chi connectivity index (χ3n) is 5.84. The van der Waals surface area contributed by atoms with Crippen LogP contribution in [-0.4, -0.2) is 61.0 Å². The molecule has 32 heavy (non-hydrogen) atoms. The molecule has 1 fully saturated rings.